The fourth-order valence-electron chi connectivity index (χ4n) is 3.45. The standard InChI is InChI=1S/C22H28FN3O3/c1-24(15-17-7-8-21(29-3)20(23)13-17)22(27)16-25-9-11-26(12-10-25)18-5-4-6-19(14-18)28-2/h4-8,13-14H,9-12,15-16H2,1-3H3. The van der Waals surface area contributed by atoms with E-state index in [9.17, 15) is 9.18 Å². The van der Waals surface area contributed by atoms with Gasteiger partial charge in [-0.05, 0) is 29.8 Å². The number of hydrogen-bond donors (Lipinski definition) is 0. The fraction of sp³-hybridized carbons (Fsp3) is 0.409. The smallest absolute Gasteiger partial charge is 0.236 e. The van der Waals surface area contributed by atoms with E-state index in [-0.39, 0.29) is 11.7 Å². The minimum Gasteiger partial charge on any atom is -0.497 e. The number of halogens is 1. The first kappa shape index (κ1) is 20.9. The molecule has 3 rings (SSSR count). The van der Waals surface area contributed by atoms with Crippen molar-refractivity contribution in [3.05, 3.63) is 53.8 Å². The monoisotopic (exact) mass is 401 g/mol. The van der Waals surface area contributed by atoms with Crippen LogP contribution in [0.2, 0.25) is 0 Å². The number of carbonyl (C=O) groups excluding carboxylic acids is 1. The third kappa shape index (κ3) is 5.38. The molecule has 0 saturated carbocycles. The molecule has 6 nitrogen and oxygen atoms in total. The maximum Gasteiger partial charge on any atom is 0.236 e. The van der Waals surface area contributed by atoms with Crippen LogP contribution >= 0.6 is 0 Å². The van der Waals surface area contributed by atoms with Gasteiger partial charge in [-0.1, -0.05) is 12.1 Å². The minimum absolute atomic E-state index is 0.0241. The van der Waals surface area contributed by atoms with Gasteiger partial charge in [0, 0.05) is 51.5 Å². The van der Waals surface area contributed by atoms with Gasteiger partial charge in [0.15, 0.2) is 11.6 Å². The number of hydrogen-bond acceptors (Lipinski definition) is 5. The topological polar surface area (TPSA) is 45.2 Å². The summed E-state index contributed by atoms with van der Waals surface area (Å²) in [7, 11) is 4.85. The molecule has 1 aliphatic heterocycles. The summed E-state index contributed by atoms with van der Waals surface area (Å²) in [5.74, 6) is 0.656. The second-order valence-electron chi connectivity index (χ2n) is 7.18. The van der Waals surface area contributed by atoms with Gasteiger partial charge >= 0.3 is 0 Å². The lowest BCUT2D eigenvalue weighted by atomic mass is 10.2. The van der Waals surface area contributed by atoms with E-state index in [4.69, 9.17) is 9.47 Å². The van der Waals surface area contributed by atoms with Crippen LogP contribution < -0.4 is 14.4 Å². The van der Waals surface area contributed by atoms with Crippen molar-refractivity contribution in [2.75, 3.05) is 58.9 Å². The molecule has 0 aliphatic carbocycles. The molecular weight excluding hydrogens is 373 g/mol. The van der Waals surface area contributed by atoms with E-state index in [1.54, 1.807) is 31.2 Å². The normalized spacial score (nSPS) is 14.6. The molecule has 1 aliphatic rings. The van der Waals surface area contributed by atoms with Gasteiger partial charge in [0.1, 0.15) is 5.75 Å². The fourth-order valence-corrected chi connectivity index (χ4v) is 3.45. The molecular formula is C22H28FN3O3. The maximum absolute atomic E-state index is 13.8. The molecule has 0 unspecified atom stereocenters. The average molecular weight is 401 g/mol. The van der Waals surface area contributed by atoms with Crippen LogP contribution in [0, 0.1) is 5.82 Å². The Labute approximate surface area is 171 Å². The largest absolute Gasteiger partial charge is 0.497 e. The maximum atomic E-state index is 13.8. The SMILES string of the molecule is COc1cccc(N2CCN(CC(=O)N(C)Cc3ccc(OC)c(F)c3)CC2)c1. The predicted molar refractivity (Wildman–Crippen MR) is 111 cm³/mol. The molecule has 1 amide bonds. The quantitative estimate of drug-likeness (QED) is 0.714. The zero-order valence-electron chi connectivity index (χ0n) is 17.2. The Morgan fingerprint density at radius 3 is 2.48 bits per heavy atom. The summed E-state index contributed by atoms with van der Waals surface area (Å²) in [6.07, 6.45) is 0. The number of likely N-dealkylation sites (N-methyl/N-ethyl adjacent to an activating group) is 1. The molecule has 156 valence electrons. The minimum atomic E-state index is -0.417. The third-order valence-corrected chi connectivity index (χ3v) is 5.21. The van der Waals surface area contributed by atoms with Gasteiger partial charge < -0.3 is 19.3 Å². The summed E-state index contributed by atoms with van der Waals surface area (Å²) in [5, 5.41) is 0. The second-order valence-corrected chi connectivity index (χ2v) is 7.18. The Balaban J connectivity index is 1.49. The van der Waals surface area contributed by atoms with Crippen LogP contribution in [0.4, 0.5) is 10.1 Å². The molecule has 1 saturated heterocycles. The lowest BCUT2D eigenvalue weighted by Gasteiger charge is -2.36. The zero-order valence-corrected chi connectivity index (χ0v) is 17.2. The van der Waals surface area contributed by atoms with Crippen molar-refractivity contribution in [3.8, 4) is 11.5 Å². The first-order chi connectivity index (χ1) is 14.0. The van der Waals surface area contributed by atoms with Crippen LogP contribution in [0.5, 0.6) is 11.5 Å². The first-order valence-corrected chi connectivity index (χ1v) is 9.68. The molecule has 1 fully saturated rings. The van der Waals surface area contributed by atoms with E-state index in [1.807, 2.05) is 18.2 Å². The Hall–Kier alpha value is -2.80. The van der Waals surface area contributed by atoms with Crippen molar-refractivity contribution in [2.45, 2.75) is 6.54 Å². The van der Waals surface area contributed by atoms with Gasteiger partial charge in [-0.3, -0.25) is 9.69 Å². The predicted octanol–water partition coefficient (Wildman–Crippen LogP) is 2.62. The van der Waals surface area contributed by atoms with E-state index in [1.165, 1.54) is 13.2 Å². The highest BCUT2D eigenvalue weighted by atomic mass is 19.1. The number of amides is 1. The highest BCUT2D eigenvalue weighted by molar-refractivity contribution is 5.78. The Kier molecular flexibility index (Phi) is 6.93. The van der Waals surface area contributed by atoms with Gasteiger partial charge in [0.05, 0.1) is 20.8 Å². The summed E-state index contributed by atoms with van der Waals surface area (Å²) in [4.78, 5) is 18.7. The summed E-state index contributed by atoms with van der Waals surface area (Å²) in [6, 6.07) is 12.8. The van der Waals surface area contributed by atoms with E-state index in [2.05, 4.69) is 15.9 Å². The summed E-state index contributed by atoms with van der Waals surface area (Å²) in [6.45, 7) is 4.06. The third-order valence-electron chi connectivity index (χ3n) is 5.21. The molecule has 0 radical (unpaired) electrons. The number of ether oxygens (including phenoxy) is 2. The number of methoxy groups -OCH3 is 2. The highest BCUT2D eigenvalue weighted by Gasteiger charge is 2.21. The summed E-state index contributed by atoms with van der Waals surface area (Å²) >= 11 is 0. The first-order valence-electron chi connectivity index (χ1n) is 9.68. The van der Waals surface area contributed by atoms with E-state index >= 15 is 0 Å². The van der Waals surface area contributed by atoms with Crippen LogP contribution in [-0.2, 0) is 11.3 Å². The molecule has 7 heteroatoms. The molecule has 0 aromatic heterocycles. The van der Waals surface area contributed by atoms with Crippen LogP contribution in [-0.4, -0.2) is 69.7 Å². The van der Waals surface area contributed by atoms with Crippen LogP contribution in [0.1, 0.15) is 5.56 Å². The van der Waals surface area contributed by atoms with Crippen LogP contribution in [0.25, 0.3) is 0 Å². The van der Waals surface area contributed by atoms with Crippen molar-refractivity contribution >= 4 is 11.6 Å². The van der Waals surface area contributed by atoms with Crippen LogP contribution in [0.15, 0.2) is 42.5 Å². The molecule has 0 bridgehead atoms. The van der Waals surface area contributed by atoms with Gasteiger partial charge in [0.25, 0.3) is 0 Å². The highest BCUT2D eigenvalue weighted by Crippen LogP contribution is 2.22. The molecule has 0 spiro atoms. The van der Waals surface area contributed by atoms with Gasteiger partial charge in [-0.15, -0.1) is 0 Å². The number of anilines is 1. The summed E-state index contributed by atoms with van der Waals surface area (Å²) in [5.41, 5.74) is 1.87. The number of piperazine rings is 1. The van der Waals surface area contributed by atoms with Gasteiger partial charge in [-0.25, -0.2) is 4.39 Å². The molecule has 29 heavy (non-hydrogen) atoms. The van der Waals surface area contributed by atoms with E-state index in [0.717, 1.165) is 43.2 Å². The second kappa shape index (κ2) is 9.60. The van der Waals surface area contributed by atoms with Crippen molar-refractivity contribution < 1.29 is 18.7 Å². The number of carbonyl (C=O) groups is 1. The Bertz CT molecular complexity index is 838. The Morgan fingerprint density at radius 2 is 1.83 bits per heavy atom. The van der Waals surface area contributed by atoms with Crippen molar-refractivity contribution in [1.29, 1.82) is 0 Å². The van der Waals surface area contributed by atoms with Crippen molar-refractivity contribution in [3.63, 3.8) is 0 Å². The lowest BCUT2D eigenvalue weighted by Crippen LogP contribution is -2.49. The number of benzene rings is 2. The molecule has 0 N–H and O–H groups in total. The molecule has 1 heterocycles. The van der Waals surface area contributed by atoms with Crippen molar-refractivity contribution in [2.24, 2.45) is 0 Å². The zero-order chi connectivity index (χ0) is 20.8. The molecule has 2 aromatic carbocycles. The lowest BCUT2D eigenvalue weighted by molar-refractivity contribution is -0.131. The van der Waals surface area contributed by atoms with Crippen molar-refractivity contribution in [1.82, 2.24) is 9.80 Å². The molecule has 0 atom stereocenters. The number of rotatable bonds is 7. The van der Waals surface area contributed by atoms with Gasteiger partial charge in [0.2, 0.25) is 5.91 Å². The van der Waals surface area contributed by atoms with E-state index < -0.39 is 5.82 Å². The van der Waals surface area contributed by atoms with Gasteiger partial charge in [-0.2, -0.15) is 0 Å². The Morgan fingerprint density at radius 1 is 1.07 bits per heavy atom. The van der Waals surface area contributed by atoms with Crippen LogP contribution in [0.3, 0.4) is 0 Å². The van der Waals surface area contributed by atoms with E-state index in [0.29, 0.717) is 13.1 Å². The summed E-state index contributed by atoms with van der Waals surface area (Å²) < 4.78 is 24.1. The average Bonchev–Trinajstić information content (AvgIpc) is 2.74. The number of nitrogens with zero attached hydrogens (tertiary/aromatic N) is 3. The molecule has 2 aromatic rings.